The summed E-state index contributed by atoms with van der Waals surface area (Å²) in [5, 5.41) is 2.87. The summed E-state index contributed by atoms with van der Waals surface area (Å²) in [6, 6.07) is 7.18. The fourth-order valence-corrected chi connectivity index (χ4v) is 14.2. The molecule has 1 aromatic rings. The van der Waals surface area contributed by atoms with E-state index in [1.165, 1.54) is 21.6 Å². The molecule has 1 aromatic carbocycles. The maximum absolute atomic E-state index is 2.60. The second-order valence-corrected chi connectivity index (χ2v) is 23.9. The monoisotopic (exact) mass is 559 g/mol. The van der Waals surface area contributed by atoms with Crippen molar-refractivity contribution in [1.82, 2.24) is 0 Å². The first kappa shape index (κ1) is 27.8. The Morgan fingerprint density at radius 3 is 2.19 bits per heavy atom. The summed E-state index contributed by atoms with van der Waals surface area (Å²) < 4.78 is 1.83. The molecule has 0 aliphatic heterocycles. The van der Waals surface area contributed by atoms with Gasteiger partial charge in [0, 0.05) is 0 Å². The fourth-order valence-electron chi connectivity index (χ4n) is 5.19. The van der Waals surface area contributed by atoms with Crippen molar-refractivity contribution in [2.75, 3.05) is 0 Å². The van der Waals surface area contributed by atoms with E-state index in [0.717, 1.165) is 6.42 Å². The van der Waals surface area contributed by atoms with Gasteiger partial charge in [0.15, 0.2) is 0 Å². The summed E-state index contributed by atoms with van der Waals surface area (Å²) in [6.45, 7) is 19.4. The minimum atomic E-state index is -0.656. The van der Waals surface area contributed by atoms with E-state index in [4.69, 9.17) is 0 Å². The molecule has 0 aromatic heterocycles. The molecule has 1 unspecified atom stereocenters. The third kappa shape index (κ3) is 4.59. The standard InChI is InChI=1S/C26H29.C2H6Si.2ClH.Zr/c1-24(2,3)21-11-12-22-18(16-21)15-19-17-26(25(4,5)6,14-13-23(19)22)20-9-7-8-10-20;1-3-2;;;/h7-9,11-16H,10H2,1-6H3;1-2H3;2*1H;/q;;;;+2/p-2. The maximum Gasteiger partial charge on any atom is -1.00 e. The molecule has 0 amide bonds. The summed E-state index contributed by atoms with van der Waals surface area (Å²) in [4.78, 5) is 0. The van der Waals surface area contributed by atoms with E-state index in [9.17, 15) is 0 Å². The normalized spacial score (nSPS) is 21.1. The van der Waals surface area contributed by atoms with Gasteiger partial charge in [0.2, 0.25) is 0 Å². The molecule has 0 bridgehead atoms. The molecule has 0 fully saturated rings. The van der Waals surface area contributed by atoms with E-state index in [0.29, 0.717) is 0 Å². The van der Waals surface area contributed by atoms with Gasteiger partial charge in [0.25, 0.3) is 0 Å². The van der Waals surface area contributed by atoms with E-state index < -0.39 is 21.9 Å². The zero-order chi connectivity index (χ0) is 21.9. The van der Waals surface area contributed by atoms with Crippen molar-refractivity contribution < 1.29 is 46.7 Å². The van der Waals surface area contributed by atoms with Crippen LogP contribution in [0.3, 0.4) is 0 Å². The number of rotatable bonds is 2. The summed E-state index contributed by atoms with van der Waals surface area (Å²) in [5.41, 5.74) is 6.29. The number of fused-ring (bicyclic) bond motifs is 2. The second-order valence-electron chi connectivity index (χ2n) is 11.2. The Bertz CT molecular complexity index is 1190. The molecule has 1 atom stereocenters. The van der Waals surface area contributed by atoms with E-state index >= 15 is 0 Å². The molecular formula is C28H35Cl2SiZr. The zero-order valence-corrected chi connectivity index (χ0v) is 25.6. The van der Waals surface area contributed by atoms with Gasteiger partial charge in [-0.25, -0.2) is 0 Å². The molecule has 3 aliphatic carbocycles. The minimum Gasteiger partial charge on any atom is -1.00 e. The van der Waals surface area contributed by atoms with E-state index in [1.54, 1.807) is 11.1 Å². The SMILES string of the molecule is C[Si](C)=[Zr+2][C]1=C2C=c3cc(C(C)(C)C)ccc3=C2C=CC1(C1=CC=CC1)C(C)(C)C.[Cl-].[Cl-]. The van der Waals surface area contributed by atoms with Gasteiger partial charge in [-0.1, -0.05) is 0 Å². The molecule has 32 heavy (non-hydrogen) atoms. The predicted molar refractivity (Wildman–Crippen MR) is 130 cm³/mol. The summed E-state index contributed by atoms with van der Waals surface area (Å²) >= 11 is -0.656. The molecular weight excluding hydrogens is 527 g/mol. The Morgan fingerprint density at radius 1 is 0.969 bits per heavy atom. The molecule has 0 saturated heterocycles. The number of hydrogen-bond acceptors (Lipinski definition) is 0. The van der Waals surface area contributed by atoms with E-state index in [-0.39, 0.29) is 46.5 Å². The maximum atomic E-state index is 2.60. The van der Waals surface area contributed by atoms with Crippen LogP contribution in [0.15, 0.2) is 63.0 Å². The molecule has 4 rings (SSSR count). The number of allylic oxidation sites excluding steroid dienone is 8. The first-order valence-electron chi connectivity index (χ1n) is 11.2. The molecule has 0 spiro atoms. The minimum absolute atomic E-state index is 0. The quantitative estimate of drug-likeness (QED) is 0.447. The Balaban J connectivity index is 0.00000181. The van der Waals surface area contributed by atoms with Gasteiger partial charge in [-0.05, 0) is 0 Å². The average Bonchev–Trinajstić information content (AvgIpc) is 3.27. The van der Waals surface area contributed by atoms with Gasteiger partial charge < -0.3 is 24.8 Å². The third-order valence-corrected chi connectivity index (χ3v) is 14.7. The van der Waals surface area contributed by atoms with Crippen molar-refractivity contribution in [2.45, 2.75) is 66.5 Å². The predicted octanol–water partition coefficient (Wildman–Crippen LogP) is 0.0132. The number of halogens is 2. The Morgan fingerprint density at radius 2 is 1.66 bits per heavy atom. The zero-order valence-electron chi connectivity index (χ0n) is 20.7. The van der Waals surface area contributed by atoms with Crippen LogP contribution in [0, 0.1) is 10.8 Å². The Labute approximate surface area is 218 Å². The first-order chi connectivity index (χ1) is 13.9. The van der Waals surface area contributed by atoms with Crippen LogP contribution >= 0.6 is 0 Å². The molecule has 0 nitrogen and oxygen atoms in total. The number of benzene rings is 1. The van der Waals surface area contributed by atoms with Crippen LogP contribution in [0.25, 0.3) is 11.6 Å². The largest absolute Gasteiger partial charge is 1.00 e. The molecule has 0 radical (unpaired) electrons. The van der Waals surface area contributed by atoms with Crippen molar-refractivity contribution in [3.8, 4) is 0 Å². The molecule has 3 aliphatic rings. The molecule has 4 heteroatoms. The average molecular weight is 562 g/mol. The molecule has 0 N–H and O–H groups in total. The number of hydrogen-bond donors (Lipinski definition) is 0. The van der Waals surface area contributed by atoms with Crippen LogP contribution in [0.4, 0.5) is 0 Å². The van der Waals surface area contributed by atoms with Crippen LogP contribution in [0.1, 0.15) is 53.5 Å². The molecule has 0 heterocycles. The van der Waals surface area contributed by atoms with Crippen molar-refractivity contribution in [3.05, 3.63) is 79.0 Å². The van der Waals surface area contributed by atoms with Crippen molar-refractivity contribution in [3.63, 3.8) is 0 Å². The van der Waals surface area contributed by atoms with Crippen molar-refractivity contribution in [2.24, 2.45) is 10.8 Å². The van der Waals surface area contributed by atoms with Gasteiger partial charge >= 0.3 is 195 Å². The van der Waals surface area contributed by atoms with Gasteiger partial charge in [0.1, 0.15) is 0 Å². The summed E-state index contributed by atoms with van der Waals surface area (Å²) in [7, 11) is 0. The van der Waals surface area contributed by atoms with Crippen LogP contribution < -0.4 is 35.3 Å². The van der Waals surface area contributed by atoms with E-state index in [1.807, 2.05) is 3.28 Å². The summed E-state index contributed by atoms with van der Waals surface area (Å²) in [5.74, 6) is 0. The van der Waals surface area contributed by atoms with Crippen LogP contribution in [0.2, 0.25) is 13.1 Å². The smallest absolute Gasteiger partial charge is 1.00 e. The summed E-state index contributed by atoms with van der Waals surface area (Å²) in [6.07, 6.45) is 15.8. The topological polar surface area (TPSA) is 0 Å². The molecule has 169 valence electrons. The van der Waals surface area contributed by atoms with Gasteiger partial charge in [0.05, 0.1) is 0 Å². The van der Waals surface area contributed by atoms with Gasteiger partial charge in [-0.3, -0.25) is 0 Å². The second kappa shape index (κ2) is 9.69. The van der Waals surface area contributed by atoms with Gasteiger partial charge in [-0.15, -0.1) is 0 Å². The van der Waals surface area contributed by atoms with Crippen LogP contribution in [-0.2, 0) is 27.3 Å². The fraction of sp³-hybridized carbons (Fsp3) is 0.429. The van der Waals surface area contributed by atoms with Gasteiger partial charge in [-0.2, -0.15) is 0 Å². The van der Waals surface area contributed by atoms with E-state index in [2.05, 4.69) is 109 Å². The van der Waals surface area contributed by atoms with Crippen molar-refractivity contribution in [1.29, 1.82) is 0 Å². The van der Waals surface area contributed by atoms with Crippen LogP contribution in [-0.4, -0.2) is 5.43 Å². The Hall–Kier alpha value is -0.400. The molecule has 0 saturated carbocycles. The van der Waals surface area contributed by atoms with Crippen LogP contribution in [0.5, 0.6) is 0 Å². The van der Waals surface area contributed by atoms with Crippen molar-refractivity contribution >= 4 is 17.1 Å². The first-order valence-corrected chi connectivity index (χ1v) is 18.6. The Kier molecular flexibility index (Phi) is 8.43. The third-order valence-electron chi connectivity index (χ3n) is 6.80.